The molecule has 0 saturated carbocycles. The molecule has 1 amide bonds. The molecule has 2 aromatic carbocycles. The molecule has 0 aromatic heterocycles. The van der Waals surface area contributed by atoms with E-state index in [0.717, 1.165) is 42.6 Å². The number of nitrogens with one attached hydrogen (secondary N) is 1. The van der Waals surface area contributed by atoms with Crippen molar-refractivity contribution in [3.05, 3.63) is 65.2 Å². The number of anilines is 1. The Bertz CT molecular complexity index is 848. The highest BCUT2D eigenvalue weighted by molar-refractivity contribution is 6.01. The highest BCUT2D eigenvalue weighted by Gasteiger charge is 2.25. The van der Waals surface area contributed by atoms with Crippen molar-refractivity contribution in [2.75, 3.05) is 18.0 Å². The van der Waals surface area contributed by atoms with E-state index in [1.54, 1.807) is 0 Å². The fourth-order valence-electron chi connectivity index (χ4n) is 4.05. The first-order valence-corrected chi connectivity index (χ1v) is 10.4. The second-order valence-electron chi connectivity index (χ2n) is 8.11. The third kappa shape index (κ3) is 5.37. The van der Waals surface area contributed by atoms with E-state index in [1.807, 2.05) is 48.5 Å². The highest BCUT2D eigenvalue weighted by atomic mass is 16.4. The number of carboxylic acid groups (broad SMARTS) is 1. The van der Waals surface area contributed by atoms with Crippen LogP contribution in [0.5, 0.6) is 0 Å². The van der Waals surface area contributed by atoms with Crippen LogP contribution in [0.2, 0.25) is 0 Å². The van der Waals surface area contributed by atoms with Crippen LogP contribution in [0.25, 0.3) is 0 Å². The molecule has 0 fully saturated rings. The van der Waals surface area contributed by atoms with Crippen molar-refractivity contribution in [3.8, 4) is 0 Å². The molecule has 154 valence electrons. The second kappa shape index (κ2) is 9.59. The maximum atomic E-state index is 13.3. The Morgan fingerprint density at radius 1 is 1.10 bits per heavy atom. The van der Waals surface area contributed by atoms with E-state index < -0.39 is 5.97 Å². The van der Waals surface area contributed by atoms with Gasteiger partial charge < -0.3 is 15.3 Å². The molecule has 2 N–H and O–H groups in total. The fraction of sp³-hybridized carbons (Fsp3) is 0.417. The molecule has 1 unspecified atom stereocenters. The Labute approximate surface area is 172 Å². The second-order valence-corrected chi connectivity index (χ2v) is 8.11. The van der Waals surface area contributed by atoms with E-state index in [0.29, 0.717) is 18.0 Å². The van der Waals surface area contributed by atoms with Gasteiger partial charge in [-0.1, -0.05) is 56.3 Å². The van der Waals surface area contributed by atoms with Crippen LogP contribution in [0.15, 0.2) is 48.5 Å². The van der Waals surface area contributed by atoms with Gasteiger partial charge in [-0.25, -0.2) is 0 Å². The number of carbonyl (C=O) groups excluding carboxylic acids is 1. The molecule has 0 saturated heterocycles. The van der Waals surface area contributed by atoms with E-state index in [2.05, 4.69) is 24.1 Å². The van der Waals surface area contributed by atoms with Crippen molar-refractivity contribution < 1.29 is 14.7 Å². The lowest BCUT2D eigenvalue weighted by Gasteiger charge is -2.33. The number of rotatable bonds is 8. The van der Waals surface area contributed by atoms with Crippen molar-refractivity contribution in [2.45, 2.75) is 45.6 Å². The van der Waals surface area contributed by atoms with Gasteiger partial charge in [0, 0.05) is 13.1 Å². The third-order valence-corrected chi connectivity index (χ3v) is 5.36. The minimum absolute atomic E-state index is 0.0596. The van der Waals surface area contributed by atoms with Gasteiger partial charge in [-0.2, -0.15) is 0 Å². The fourth-order valence-corrected chi connectivity index (χ4v) is 4.05. The quantitative estimate of drug-likeness (QED) is 0.695. The summed E-state index contributed by atoms with van der Waals surface area (Å²) in [5.41, 5.74) is 3.75. The van der Waals surface area contributed by atoms with Gasteiger partial charge in [-0.3, -0.25) is 9.59 Å². The van der Waals surface area contributed by atoms with Gasteiger partial charge in [0.15, 0.2) is 0 Å². The number of para-hydroxylation sites is 1. The Hall–Kier alpha value is -2.82. The summed E-state index contributed by atoms with van der Waals surface area (Å²) in [7, 11) is 0. The number of fused-ring (bicyclic) bond motifs is 1. The van der Waals surface area contributed by atoms with Crippen LogP contribution >= 0.6 is 0 Å². The topological polar surface area (TPSA) is 69.6 Å². The average molecular weight is 395 g/mol. The minimum Gasteiger partial charge on any atom is -0.481 e. The SMILES string of the molecule is CC(C)CC(NC(=O)c1cccc2c1N(CCC(=O)O)CCC2)c1ccccc1. The molecule has 0 aliphatic carbocycles. The normalized spacial score (nSPS) is 14.4. The Morgan fingerprint density at radius 2 is 1.86 bits per heavy atom. The first-order valence-electron chi connectivity index (χ1n) is 10.4. The molecule has 0 spiro atoms. The maximum Gasteiger partial charge on any atom is 0.305 e. The summed E-state index contributed by atoms with van der Waals surface area (Å²) in [6, 6.07) is 15.8. The van der Waals surface area contributed by atoms with Crippen LogP contribution in [-0.2, 0) is 11.2 Å². The van der Waals surface area contributed by atoms with Crippen molar-refractivity contribution >= 4 is 17.6 Å². The first-order chi connectivity index (χ1) is 14.0. The number of carbonyl (C=O) groups is 2. The predicted octanol–water partition coefficient (Wildman–Crippen LogP) is 4.43. The molecule has 3 rings (SSSR count). The molecule has 1 heterocycles. The lowest BCUT2D eigenvalue weighted by atomic mass is 9.94. The average Bonchev–Trinajstić information content (AvgIpc) is 2.71. The molecule has 0 bridgehead atoms. The number of nitrogens with zero attached hydrogens (tertiary/aromatic N) is 1. The zero-order chi connectivity index (χ0) is 20.8. The molecule has 5 heteroatoms. The predicted molar refractivity (Wildman–Crippen MR) is 115 cm³/mol. The molecular weight excluding hydrogens is 364 g/mol. The summed E-state index contributed by atoms with van der Waals surface area (Å²) < 4.78 is 0. The first kappa shape index (κ1) is 20.9. The van der Waals surface area contributed by atoms with Gasteiger partial charge in [0.05, 0.1) is 23.7 Å². The van der Waals surface area contributed by atoms with Gasteiger partial charge >= 0.3 is 5.97 Å². The summed E-state index contributed by atoms with van der Waals surface area (Å²) in [5.74, 6) is -0.476. The van der Waals surface area contributed by atoms with E-state index in [4.69, 9.17) is 5.11 Å². The van der Waals surface area contributed by atoms with Crippen LogP contribution in [0.1, 0.15) is 60.6 Å². The van der Waals surface area contributed by atoms with Gasteiger partial charge in [-0.05, 0) is 42.4 Å². The molecule has 5 nitrogen and oxygen atoms in total. The highest BCUT2D eigenvalue weighted by Crippen LogP contribution is 2.32. The minimum atomic E-state index is -0.819. The molecule has 0 radical (unpaired) electrons. The lowest BCUT2D eigenvalue weighted by molar-refractivity contribution is -0.136. The summed E-state index contributed by atoms with van der Waals surface area (Å²) in [6.45, 7) is 5.50. The number of hydrogen-bond donors (Lipinski definition) is 2. The van der Waals surface area contributed by atoms with Crippen molar-refractivity contribution in [1.29, 1.82) is 0 Å². The molecule has 1 aliphatic rings. The molecular formula is C24H30N2O3. The van der Waals surface area contributed by atoms with Crippen molar-refractivity contribution in [1.82, 2.24) is 5.32 Å². The summed E-state index contributed by atoms with van der Waals surface area (Å²) in [6.07, 6.45) is 2.80. The molecule has 2 aromatic rings. The molecule has 29 heavy (non-hydrogen) atoms. The number of hydrogen-bond acceptors (Lipinski definition) is 3. The van der Waals surface area contributed by atoms with Crippen LogP contribution < -0.4 is 10.2 Å². The number of benzene rings is 2. The van der Waals surface area contributed by atoms with Crippen LogP contribution in [0, 0.1) is 5.92 Å². The van der Waals surface area contributed by atoms with Crippen molar-refractivity contribution in [2.24, 2.45) is 5.92 Å². The van der Waals surface area contributed by atoms with Gasteiger partial charge in [0.2, 0.25) is 0 Å². The maximum absolute atomic E-state index is 13.3. The van der Waals surface area contributed by atoms with E-state index in [9.17, 15) is 9.59 Å². The zero-order valence-electron chi connectivity index (χ0n) is 17.2. The third-order valence-electron chi connectivity index (χ3n) is 5.36. The van der Waals surface area contributed by atoms with Crippen molar-refractivity contribution in [3.63, 3.8) is 0 Å². The van der Waals surface area contributed by atoms with Crippen LogP contribution in [-0.4, -0.2) is 30.1 Å². The monoisotopic (exact) mass is 394 g/mol. The number of amides is 1. The Kier molecular flexibility index (Phi) is 6.91. The van der Waals surface area contributed by atoms with Gasteiger partial charge in [-0.15, -0.1) is 0 Å². The number of carboxylic acids is 1. The summed E-state index contributed by atoms with van der Waals surface area (Å²) in [5, 5.41) is 12.3. The summed E-state index contributed by atoms with van der Waals surface area (Å²) in [4.78, 5) is 26.4. The summed E-state index contributed by atoms with van der Waals surface area (Å²) >= 11 is 0. The number of aryl methyl sites for hydroxylation is 1. The van der Waals surface area contributed by atoms with E-state index in [-0.39, 0.29) is 18.4 Å². The Morgan fingerprint density at radius 3 is 2.55 bits per heavy atom. The lowest BCUT2D eigenvalue weighted by Crippen LogP contribution is -2.36. The van der Waals surface area contributed by atoms with Gasteiger partial charge in [0.25, 0.3) is 5.91 Å². The number of aliphatic carboxylic acids is 1. The largest absolute Gasteiger partial charge is 0.481 e. The van der Waals surface area contributed by atoms with Gasteiger partial charge in [0.1, 0.15) is 0 Å². The van der Waals surface area contributed by atoms with E-state index >= 15 is 0 Å². The molecule has 1 atom stereocenters. The Balaban J connectivity index is 1.87. The zero-order valence-corrected chi connectivity index (χ0v) is 17.2. The smallest absolute Gasteiger partial charge is 0.305 e. The van der Waals surface area contributed by atoms with Crippen LogP contribution in [0.3, 0.4) is 0 Å². The molecule has 1 aliphatic heterocycles. The van der Waals surface area contributed by atoms with Crippen LogP contribution in [0.4, 0.5) is 5.69 Å². The van der Waals surface area contributed by atoms with E-state index in [1.165, 1.54) is 0 Å². The standard InChI is InChI=1S/C24H30N2O3/c1-17(2)16-21(18-8-4-3-5-9-18)25-24(29)20-12-6-10-19-11-7-14-26(23(19)20)15-13-22(27)28/h3-6,8-10,12,17,21H,7,11,13-16H2,1-2H3,(H,25,29)(H,27,28).